The largest absolute Gasteiger partial charge is 0.378 e. The lowest BCUT2D eigenvalue weighted by Crippen LogP contribution is -2.25. The number of ether oxygens (including phenoxy) is 1. The zero-order valence-electron chi connectivity index (χ0n) is 10.0. The molecule has 2 aliphatic rings. The van der Waals surface area contributed by atoms with Gasteiger partial charge in [0.2, 0.25) is 0 Å². The van der Waals surface area contributed by atoms with Crippen LogP contribution >= 0.6 is 0 Å². The van der Waals surface area contributed by atoms with Crippen molar-refractivity contribution < 1.29 is 4.74 Å². The summed E-state index contributed by atoms with van der Waals surface area (Å²) >= 11 is 0. The second-order valence-electron chi connectivity index (χ2n) is 5.73. The number of hydrogen-bond acceptors (Lipinski definition) is 2. The highest BCUT2D eigenvalue weighted by molar-refractivity contribution is 4.93. The molecule has 2 heteroatoms. The van der Waals surface area contributed by atoms with E-state index in [9.17, 15) is 0 Å². The number of nitrogens with two attached hydrogens (primary N) is 1. The van der Waals surface area contributed by atoms with Crippen molar-refractivity contribution in [2.45, 2.75) is 58.0 Å². The molecular formula is C13H25NO. The fraction of sp³-hybridized carbons (Fsp3) is 1.00. The summed E-state index contributed by atoms with van der Waals surface area (Å²) in [5, 5.41) is 0. The summed E-state index contributed by atoms with van der Waals surface area (Å²) in [5.74, 6) is 0.920. The van der Waals surface area contributed by atoms with E-state index < -0.39 is 0 Å². The zero-order chi connectivity index (χ0) is 10.7. The lowest BCUT2D eigenvalue weighted by atomic mass is 9.89. The molecule has 15 heavy (non-hydrogen) atoms. The molecule has 0 aliphatic heterocycles. The Morgan fingerprint density at radius 2 is 1.87 bits per heavy atom. The maximum atomic E-state index is 6.06. The second-order valence-corrected chi connectivity index (χ2v) is 5.73. The van der Waals surface area contributed by atoms with Gasteiger partial charge in [-0.25, -0.2) is 0 Å². The van der Waals surface area contributed by atoms with E-state index in [-0.39, 0.29) is 0 Å². The van der Waals surface area contributed by atoms with E-state index in [1.54, 1.807) is 0 Å². The van der Waals surface area contributed by atoms with Crippen LogP contribution in [0.15, 0.2) is 0 Å². The summed E-state index contributed by atoms with van der Waals surface area (Å²) in [6.07, 6.45) is 9.66. The maximum absolute atomic E-state index is 6.06. The van der Waals surface area contributed by atoms with E-state index in [1.807, 2.05) is 0 Å². The molecule has 0 bridgehead atoms. The highest BCUT2D eigenvalue weighted by Gasteiger charge is 2.42. The summed E-state index contributed by atoms with van der Waals surface area (Å²) < 4.78 is 6.06. The molecule has 0 saturated heterocycles. The van der Waals surface area contributed by atoms with Crippen molar-refractivity contribution in [3.63, 3.8) is 0 Å². The molecule has 2 rings (SSSR count). The third-order valence-electron chi connectivity index (χ3n) is 4.22. The minimum absolute atomic E-state index is 0.498. The third kappa shape index (κ3) is 3.18. The van der Waals surface area contributed by atoms with Crippen LogP contribution in [0.4, 0.5) is 0 Å². The average Bonchev–Trinajstić information content (AvgIpc) is 2.99. The van der Waals surface area contributed by atoms with Crippen LogP contribution in [0.1, 0.15) is 51.9 Å². The van der Waals surface area contributed by atoms with Gasteiger partial charge in [0.05, 0.1) is 12.7 Å². The van der Waals surface area contributed by atoms with Crippen LogP contribution in [0.3, 0.4) is 0 Å². The molecule has 0 aromatic carbocycles. The van der Waals surface area contributed by atoms with Gasteiger partial charge >= 0.3 is 0 Å². The molecule has 0 amide bonds. The van der Waals surface area contributed by atoms with Crippen LogP contribution in [-0.4, -0.2) is 19.3 Å². The van der Waals surface area contributed by atoms with Crippen molar-refractivity contribution in [2.75, 3.05) is 13.2 Å². The molecule has 2 N–H and O–H groups in total. The summed E-state index contributed by atoms with van der Waals surface area (Å²) in [7, 11) is 0. The minimum Gasteiger partial charge on any atom is -0.378 e. The first-order valence-corrected chi connectivity index (χ1v) is 6.56. The molecule has 2 fully saturated rings. The fourth-order valence-electron chi connectivity index (χ4n) is 2.64. The van der Waals surface area contributed by atoms with Gasteiger partial charge in [0.25, 0.3) is 0 Å². The Hall–Kier alpha value is -0.0800. The third-order valence-corrected chi connectivity index (χ3v) is 4.22. The van der Waals surface area contributed by atoms with Gasteiger partial charge in [-0.05, 0) is 62.8 Å². The Morgan fingerprint density at radius 1 is 1.20 bits per heavy atom. The Bertz CT molecular complexity index is 193. The first-order chi connectivity index (χ1) is 7.24. The summed E-state index contributed by atoms with van der Waals surface area (Å²) in [5.41, 5.74) is 6.12. The molecule has 2 aliphatic carbocycles. The molecule has 88 valence electrons. The Morgan fingerprint density at radius 3 is 2.40 bits per heavy atom. The van der Waals surface area contributed by atoms with E-state index in [0.29, 0.717) is 11.5 Å². The van der Waals surface area contributed by atoms with Crippen molar-refractivity contribution in [1.29, 1.82) is 0 Å². The monoisotopic (exact) mass is 211 g/mol. The molecule has 2 nitrogen and oxygen atoms in total. The van der Waals surface area contributed by atoms with Crippen LogP contribution in [0.25, 0.3) is 0 Å². The van der Waals surface area contributed by atoms with E-state index in [1.165, 1.54) is 38.5 Å². The standard InChI is InChI=1S/C13H25NO/c1-11-2-4-12(5-3-11)15-10-13(6-7-13)8-9-14/h11-12H,2-10,14H2,1H3. The van der Waals surface area contributed by atoms with Crippen molar-refractivity contribution in [3.05, 3.63) is 0 Å². The second kappa shape index (κ2) is 4.84. The molecule has 0 aromatic heterocycles. The SMILES string of the molecule is CC1CCC(OCC2(CCN)CC2)CC1. The fourth-order valence-corrected chi connectivity index (χ4v) is 2.64. The van der Waals surface area contributed by atoms with Crippen LogP contribution in [-0.2, 0) is 4.74 Å². The highest BCUT2D eigenvalue weighted by Crippen LogP contribution is 2.49. The van der Waals surface area contributed by atoms with E-state index >= 15 is 0 Å². The van der Waals surface area contributed by atoms with Crippen molar-refractivity contribution in [2.24, 2.45) is 17.1 Å². The Kier molecular flexibility index (Phi) is 3.68. The molecule has 0 atom stereocenters. The summed E-state index contributed by atoms with van der Waals surface area (Å²) in [4.78, 5) is 0. The molecule has 0 aromatic rings. The first kappa shape index (κ1) is 11.4. The lowest BCUT2D eigenvalue weighted by Gasteiger charge is -2.28. The minimum atomic E-state index is 0.498. The van der Waals surface area contributed by atoms with Gasteiger partial charge in [0, 0.05) is 0 Å². The van der Waals surface area contributed by atoms with Gasteiger partial charge in [-0.2, -0.15) is 0 Å². The molecule has 0 radical (unpaired) electrons. The summed E-state index contributed by atoms with van der Waals surface area (Å²) in [6, 6.07) is 0. The molecule has 0 spiro atoms. The summed E-state index contributed by atoms with van der Waals surface area (Å²) in [6.45, 7) is 4.15. The first-order valence-electron chi connectivity index (χ1n) is 6.56. The zero-order valence-corrected chi connectivity index (χ0v) is 10.0. The number of rotatable bonds is 5. The predicted molar refractivity (Wildman–Crippen MR) is 62.7 cm³/mol. The van der Waals surface area contributed by atoms with Crippen LogP contribution in [0.2, 0.25) is 0 Å². The number of hydrogen-bond donors (Lipinski definition) is 1. The van der Waals surface area contributed by atoms with Crippen LogP contribution in [0, 0.1) is 11.3 Å². The molecule has 0 heterocycles. The van der Waals surface area contributed by atoms with E-state index in [2.05, 4.69) is 6.92 Å². The maximum Gasteiger partial charge on any atom is 0.0575 e. The quantitative estimate of drug-likeness (QED) is 0.759. The molecular weight excluding hydrogens is 186 g/mol. The van der Waals surface area contributed by atoms with E-state index in [0.717, 1.165) is 25.5 Å². The predicted octanol–water partition coefficient (Wildman–Crippen LogP) is 2.71. The Balaban J connectivity index is 1.65. The van der Waals surface area contributed by atoms with Crippen LogP contribution < -0.4 is 5.73 Å². The average molecular weight is 211 g/mol. The van der Waals surface area contributed by atoms with E-state index in [4.69, 9.17) is 10.5 Å². The molecule has 0 unspecified atom stereocenters. The van der Waals surface area contributed by atoms with Gasteiger partial charge in [-0.1, -0.05) is 6.92 Å². The van der Waals surface area contributed by atoms with Crippen molar-refractivity contribution >= 4 is 0 Å². The van der Waals surface area contributed by atoms with Gasteiger partial charge < -0.3 is 10.5 Å². The molecule has 2 saturated carbocycles. The van der Waals surface area contributed by atoms with Crippen molar-refractivity contribution in [3.8, 4) is 0 Å². The van der Waals surface area contributed by atoms with Gasteiger partial charge in [-0.3, -0.25) is 0 Å². The smallest absolute Gasteiger partial charge is 0.0575 e. The van der Waals surface area contributed by atoms with Crippen molar-refractivity contribution in [1.82, 2.24) is 0 Å². The van der Waals surface area contributed by atoms with Gasteiger partial charge in [-0.15, -0.1) is 0 Å². The normalized spacial score (nSPS) is 34.0. The van der Waals surface area contributed by atoms with Gasteiger partial charge in [0.15, 0.2) is 0 Å². The van der Waals surface area contributed by atoms with Gasteiger partial charge in [0.1, 0.15) is 0 Å². The van der Waals surface area contributed by atoms with Crippen LogP contribution in [0.5, 0.6) is 0 Å². The topological polar surface area (TPSA) is 35.2 Å². The highest BCUT2D eigenvalue weighted by atomic mass is 16.5. The Labute approximate surface area is 93.6 Å². The lowest BCUT2D eigenvalue weighted by molar-refractivity contribution is -0.00620.